The van der Waals surface area contributed by atoms with Gasteiger partial charge in [0.1, 0.15) is 11.0 Å². The first-order valence-corrected chi connectivity index (χ1v) is 7.55. The number of carbonyl (C=O) groups is 2. The predicted octanol–water partition coefficient (Wildman–Crippen LogP) is 1.04. The molecule has 0 aromatic heterocycles. The first-order chi connectivity index (χ1) is 8.85. The van der Waals surface area contributed by atoms with Crippen molar-refractivity contribution in [1.82, 2.24) is 0 Å². The molecule has 0 bridgehead atoms. The number of ether oxygens (including phenoxy) is 1. The second-order valence-corrected chi connectivity index (χ2v) is 6.86. The Balaban J connectivity index is 2.31. The van der Waals surface area contributed by atoms with E-state index in [0.29, 0.717) is 16.1 Å². The molecule has 102 valence electrons. The first kappa shape index (κ1) is 14.0. The number of halogens is 1. The highest BCUT2D eigenvalue weighted by Gasteiger charge is 2.40. The summed E-state index contributed by atoms with van der Waals surface area (Å²) >= 11 is 5.80. The van der Waals surface area contributed by atoms with Crippen molar-refractivity contribution in [3.8, 4) is 0 Å². The number of esters is 1. The molecule has 0 saturated carbocycles. The van der Waals surface area contributed by atoms with Crippen molar-refractivity contribution < 1.29 is 22.7 Å². The van der Waals surface area contributed by atoms with Crippen LogP contribution < -0.4 is 0 Å². The number of hydrogen-bond acceptors (Lipinski definition) is 5. The zero-order valence-corrected chi connectivity index (χ0v) is 11.6. The Hall–Kier alpha value is -1.40. The van der Waals surface area contributed by atoms with E-state index in [1.807, 2.05) is 0 Å². The first-order valence-electron chi connectivity index (χ1n) is 5.46. The molecule has 7 heteroatoms. The van der Waals surface area contributed by atoms with Gasteiger partial charge in [0.05, 0.1) is 7.11 Å². The van der Waals surface area contributed by atoms with E-state index in [1.165, 1.54) is 12.1 Å². The van der Waals surface area contributed by atoms with E-state index in [2.05, 4.69) is 4.74 Å². The minimum absolute atomic E-state index is 0.0497. The van der Waals surface area contributed by atoms with Gasteiger partial charge in [-0.05, 0) is 30.2 Å². The van der Waals surface area contributed by atoms with E-state index in [9.17, 15) is 18.0 Å². The molecule has 1 aromatic carbocycles. The van der Waals surface area contributed by atoms with Gasteiger partial charge in [0.2, 0.25) is 0 Å². The van der Waals surface area contributed by atoms with Crippen molar-refractivity contribution in [3.63, 3.8) is 0 Å². The van der Waals surface area contributed by atoms with E-state index in [0.717, 1.165) is 7.11 Å². The normalized spacial score (nSPS) is 18.2. The van der Waals surface area contributed by atoms with Gasteiger partial charge < -0.3 is 4.74 Å². The van der Waals surface area contributed by atoms with Crippen LogP contribution in [0.3, 0.4) is 0 Å². The topological polar surface area (TPSA) is 77.5 Å². The molecule has 0 radical (unpaired) electrons. The van der Waals surface area contributed by atoms with Gasteiger partial charge >= 0.3 is 5.97 Å². The second-order valence-electron chi connectivity index (χ2n) is 4.24. The number of Topliss-reactive ketones (excluding diaryl/α,β-unsaturated/α-hetero) is 1. The molecule has 1 unspecified atom stereocenters. The van der Waals surface area contributed by atoms with Crippen LogP contribution in [-0.2, 0) is 25.8 Å². The summed E-state index contributed by atoms with van der Waals surface area (Å²) in [5, 5.41) is -0.780. The molecule has 1 atom stereocenters. The molecule has 0 heterocycles. The van der Waals surface area contributed by atoms with Crippen LogP contribution in [0.5, 0.6) is 0 Å². The Kier molecular flexibility index (Phi) is 3.64. The summed E-state index contributed by atoms with van der Waals surface area (Å²) in [5.41, 5.74) is 0.943. The molecule has 19 heavy (non-hydrogen) atoms. The Morgan fingerprint density at radius 1 is 1.47 bits per heavy atom. The predicted molar refractivity (Wildman–Crippen MR) is 69.1 cm³/mol. The van der Waals surface area contributed by atoms with Gasteiger partial charge in [0.25, 0.3) is 0 Å². The monoisotopic (exact) mass is 302 g/mol. The fourth-order valence-electron chi connectivity index (χ4n) is 2.05. The number of benzene rings is 1. The third kappa shape index (κ3) is 2.64. The van der Waals surface area contributed by atoms with Gasteiger partial charge in [0.15, 0.2) is 15.6 Å². The van der Waals surface area contributed by atoms with Crippen LogP contribution in [0.15, 0.2) is 18.2 Å². The SMILES string of the molecule is COC(=O)CS(=O)(=O)C1Cc2cc(Cl)ccc2C1=O. The standard InChI is InChI=1S/C12H11ClO5S/c1-18-11(14)6-19(16,17)10-5-7-4-8(13)2-3-9(7)12(10)15/h2-4,10H,5-6H2,1H3. The van der Waals surface area contributed by atoms with Crippen molar-refractivity contribution in [2.24, 2.45) is 0 Å². The van der Waals surface area contributed by atoms with E-state index in [4.69, 9.17) is 11.6 Å². The largest absolute Gasteiger partial charge is 0.468 e. The molecule has 1 aliphatic carbocycles. The summed E-state index contributed by atoms with van der Waals surface area (Å²) in [6.45, 7) is 0. The second kappa shape index (κ2) is 4.94. The average Bonchev–Trinajstić information content (AvgIpc) is 2.66. The number of methoxy groups -OCH3 is 1. The van der Waals surface area contributed by atoms with Crippen LogP contribution in [0.25, 0.3) is 0 Å². The number of ketones is 1. The Morgan fingerprint density at radius 3 is 2.79 bits per heavy atom. The third-order valence-electron chi connectivity index (χ3n) is 3.01. The average molecular weight is 303 g/mol. The van der Waals surface area contributed by atoms with Crippen molar-refractivity contribution in [2.45, 2.75) is 11.7 Å². The number of fused-ring (bicyclic) bond motifs is 1. The smallest absolute Gasteiger partial charge is 0.320 e. The molecular formula is C12H11ClO5S. The molecule has 0 N–H and O–H groups in total. The summed E-state index contributed by atoms with van der Waals surface area (Å²) in [5.74, 6) is -2.15. The van der Waals surface area contributed by atoms with Gasteiger partial charge in [0, 0.05) is 10.6 Å². The summed E-state index contributed by atoms with van der Waals surface area (Å²) in [6, 6.07) is 4.61. The zero-order valence-electron chi connectivity index (χ0n) is 10.1. The van der Waals surface area contributed by atoms with Crippen LogP contribution in [0.2, 0.25) is 5.02 Å². The van der Waals surface area contributed by atoms with Crippen LogP contribution in [0, 0.1) is 0 Å². The highest BCUT2D eigenvalue weighted by Crippen LogP contribution is 2.29. The molecule has 1 aromatic rings. The van der Waals surface area contributed by atoms with Crippen molar-refractivity contribution >= 4 is 33.2 Å². The lowest BCUT2D eigenvalue weighted by Crippen LogP contribution is -2.32. The summed E-state index contributed by atoms with van der Waals surface area (Å²) < 4.78 is 28.3. The van der Waals surface area contributed by atoms with E-state index < -0.39 is 32.6 Å². The molecule has 0 saturated heterocycles. The maximum absolute atomic E-state index is 12.1. The van der Waals surface area contributed by atoms with Gasteiger partial charge in [-0.15, -0.1) is 0 Å². The summed E-state index contributed by atoms with van der Waals surface area (Å²) in [7, 11) is -2.77. The molecule has 2 rings (SSSR count). The lowest BCUT2D eigenvalue weighted by atomic mass is 10.1. The molecule has 0 spiro atoms. The number of sulfone groups is 1. The van der Waals surface area contributed by atoms with Gasteiger partial charge in [-0.2, -0.15) is 0 Å². The fraction of sp³-hybridized carbons (Fsp3) is 0.333. The van der Waals surface area contributed by atoms with Gasteiger partial charge in [-0.3, -0.25) is 9.59 Å². The minimum atomic E-state index is -3.87. The van der Waals surface area contributed by atoms with E-state index in [-0.39, 0.29) is 6.42 Å². The molecular weight excluding hydrogens is 292 g/mol. The summed E-state index contributed by atoms with van der Waals surface area (Å²) in [4.78, 5) is 23.1. The highest BCUT2D eigenvalue weighted by atomic mass is 35.5. The van der Waals surface area contributed by atoms with Crippen LogP contribution in [0.1, 0.15) is 15.9 Å². The van der Waals surface area contributed by atoms with Crippen molar-refractivity contribution in [3.05, 3.63) is 34.3 Å². The molecule has 1 aliphatic rings. The number of carbonyl (C=O) groups excluding carboxylic acids is 2. The lowest BCUT2D eigenvalue weighted by molar-refractivity contribution is -0.137. The maximum atomic E-state index is 12.1. The quantitative estimate of drug-likeness (QED) is 0.780. The molecule has 0 aliphatic heterocycles. The minimum Gasteiger partial charge on any atom is -0.468 e. The van der Waals surface area contributed by atoms with Crippen LogP contribution >= 0.6 is 11.6 Å². The van der Waals surface area contributed by atoms with Crippen molar-refractivity contribution in [1.29, 1.82) is 0 Å². The highest BCUT2D eigenvalue weighted by molar-refractivity contribution is 7.93. The lowest BCUT2D eigenvalue weighted by Gasteiger charge is -2.08. The van der Waals surface area contributed by atoms with Crippen LogP contribution in [0.4, 0.5) is 0 Å². The number of rotatable bonds is 3. The molecule has 5 nitrogen and oxygen atoms in total. The summed E-state index contributed by atoms with van der Waals surface area (Å²) in [6.07, 6.45) is 0.0497. The van der Waals surface area contributed by atoms with Gasteiger partial charge in [-0.25, -0.2) is 8.42 Å². The Morgan fingerprint density at radius 2 is 2.16 bits per heavy atom. The zero-order chi connectivity index (χ0) is 14.2. The fourth-order valence-corrected chi connectivity index (χ4v) is 3.78. The molecule has 0 fully saturated rings. The number of hydrogen-bond donors (Lipinski definition) is 0. The maximum Gasteiger partial charge on any atom is 0.320 e. The van der Waals surface area contributed by atoms with Crippen LogP contribution in [-0.4, -0.2) is 38.3 Å². The van der Waals surface area contributed by atoms with E-state index >= 15 is 0 Å². The Bertz CT molecular complexity index is 650. The Labute approximate surface area is 115 Å². The van der Waals surface area contributed by atoms with E-state index in [1.54, 1.807) is 6.07 Å². The molecule has 0 amide bonds. The van der Waals surface area contributed by atoms with Gasteiger partial charge in [-0.1, -0.05) is 11.6 Å². The third-order valence-corrected chi connectivity index (χ3v) is 5.13. The van der Waals surface area contributed by atoms with Crippen molar-refractivity contribution in [2.75, 3.05) is 12.9 Å².